The maximum absolute atomic E-state index is 12.5. The molecule has 2 aromatic rings. The van der Waals surface area contributed by atoms with Crippen LogP contribution < -0.4 is 10.1 Å². The molecule has 3 rings (SSSR count). The van der Waals surface area contributed by atoms with Crippen LogP contribution in [0.1, 0.15) is 61.0 Å². The third-order valence-corrected chi connectivity index (χ3v) is 5.71. The normalized spacial score (nSPS) is 16.9. The monoisotopic (exact) mass is 408 g/mol. The molecule has 30 heavy (non-hydrogen) atoms. The predicted octanol–water partition coefficient (Wildman–Crippen LogP) is 5.07. The van der Waals surface area contributed by atoms with E-state index in [2.05, 4.69) is 42.3 Å². The van der Waals surface area contributed by atoms with Gasteiger partial charge in [0.05, 0.1) is 6.61 Å². The van der Waals surface area contributed by atoms with Gasteiger partial charge in [-0.15, -0.1) is 0 Å². The molecule has 0 spiro atoms. The van der Waals surface area contributed by atoms with E-state index in [-0.39, 0.29) is 5.91 Å². The van der Waals surface area contributed by atoms with Gasteiger partial charge in [-0.25, -0.2) is 0 Å². The number of carbonyl (C=O) groups is 1. The summed E-state index contributed by atoms with van der Waals surface area (Å²) in [7, 11) is 0. The number of nitrogens with one attached hydrogen (secondary N) is 1. The lowest BCUT2D eigenvalue weighted by Gasteiger charge is -2.30. The molecule has 0 aliphatic carbocycles. The Hall–Kier alpha value is -2.33. The minimum Gasteiger partial charge on any atom is -0.493 e. The summed E-state index contributed by atoms with van der Waals surface area (Å²) >= 11 is 0. The number of rotatable bonds is 10. The maximum Gasteiger partial charge on any atom is 0.251 e. The molecule has 1 aliphatic heterocycles. The van der Waals surface area contributed by atoms with E-state index < -0.39 is 0 Å². The van der Waals surface area contributed by atoms with Crippen LogP contribution in [0.15, 0.2) is 48.5 Å². The van der Waals surface area contributed by atoms with E-state index in [1.54, 1.807) is 0 Å². The first kappa shape index (κ1) is 22.4. The van der Waals surface area contributed by atoms with Crippen LogP contribution in [0.5, 0.6) is 5.75 Å². The zero-order valence-electron chi connectivity index (χ0n) is 18.5. The molecule has 1 N–H and O–H groups in total. The van der Waals surface area contributed by atoms with Crippen LogP contribution in [-0.2, 0) is 13.0 Å². The molecule has 1 saturated heterocycles. The molecule has 162 valence electrons. The number of hydrogen-bond acceptors (Lipinski definition) is 3. The van der Waals surface area contributed by atoms with Crippen LogP contribution in [0.3, 0.4) is 0 Å². The highest BCUT2D eigenvalue weighted by atomic mass is 16.5. The first-order chi connectivity index (χ1) is 14.7. The summed E-state index contributed by atoms with van der Waals surface area (Å²) in [5, 5.41) is 3.05. The number of amides is 1. The highest BCUT2D eigenvalue weighted by Crippen LogP contribution is 2.20. The van der Waals surface area contributed by atoms with E-state index in [1.807, 2.05) is 30.3 Å². The summed E-state index contributed by atoms with van der Waals surface area (Å²) in [5.74, 6) is 1.75. The van der Waals surface area contributed by atoms with E-state index in [9.17, 15) is 4.79 Å². The minimum atomic E-state index is 0.00339. The highest BCUT2D eigenvalue weighted by Gasteiger charge is 2.16. The molecule has 4 heteroatoms. The Morgan fingerprint density at radius 3 is 2.73 bits per heavy atom. The van der Waals surface area contributed by atoms with Gasteiger partial charge in [0, 0.05) is 25.2 Å². The molecule has 1 amide bonds. The average molecular weight is 409 g/mol. The van der Waals surface area contributed by atoms with Gasteiger partial charge < -0.3 is 10.1 Å². The Morgan fingerprint density at radius 2 is 1.97 bits per heavy atom. The number of nitrogens with zero attached hydrogens (tertiary/aromatic N) is 1. The summed E-state index contributed by atoms with van der Waals surface area (Å²) in [6.45, 7) is 9.17. The number of ether oxygens (including phenoxy) is 1. The van der Waals surface area contributed by atoms with Gasteiger partial charge in [0.1, 0.15) is 5.75 Å². The number of para-hydroxylation sites is 1. The third-order valence-electron chi connectivity index (χ3n) is 5.71. The van der Waals surface area contributed by atoms with Crippen molar-refractivity contribution in [1.82, 2.24) is 10.2 Å². The van der Waals surface area contributed by atoms with Crippen LogP contribution >= 0.6 is 0 Å². The number of carbonyl (C=O) groups excluding carboxylic acids is 1. The Bertz CT molecular complexity index is 788. The molecule has 0 aromatic heterocycles. The number of aryl methyl sites for hydroxylation is 1. The Labute approximate surface area is 181 Å². The molecular formula is C26H36N2O2. The molecule has 0 radical (unpaired) electrons. The number of benzene rings is 2. The van der Waals surface area contributed by atoms with E-state index in [0.29, 0.717) is 6.54 Å². The first-order valence-corrected chi connectivity index (χ1v) is 11.5. The van der Waals surface area contributed by atoms with Crippen molar-refractivity contribution < 1.29 is 9.53 Å². The van der Waals surface area contributed by atoms with Crippen molar-refractivity contribution in [1.29, 1.82) is 0 Å². The quantitative estimate of drug-likeness (QED) is 0.558. The zero-order valence-corrected chi connectivity index (χ0v) is 18.5. The van der Waals surface area contributed by atoms with Crippen LogP contribution in [0, 0.1) is 5.92 Å². The van der Waals surface area contributed by atoms with Gasteiger partial charge in [-0.1, -0.05) is 44.2 Å². The highest BCUT2D eigenvalue weighted by molar-refractivity contribution is 5.94. The molecule has 1 fully saturated rings. The Kier molecular flexibility index (Phi) is 8.76. The number of likely N-dealkylation sites (tertiary alicyclic amines) is 1. The number of hydrogen-bond donors (Lipinski definition) is 1. The molecule has 2 aromatic carbocycles. The molecule has 1 heterocycles. The van der Waals surface area contributed by atoms with E-state index >= 15 is 0 Å². The smallest absolute Gasteiger partial charge is 0.251 e. The van der Waals surface area contributed by atoms with Crippen molar-refractivity contribution in [3.8, 4) is 5.75 Å². The van der Waals surface area contributed by atoms with Gasteiger partial charge in [-0.2, -0.15) is 0 Å². The van der Waals surface area contributed by atoms with Crippen molar-refractivity contribution >= 4 is 5.91 Å². The summed E-state index contributed by atoms with van der Waals surface area (Å²) in [4.78, 5) is 15.0. The summed E-state index contributed by atoms with van der Waals surface area (Å²) in [6, 6.07) is 16.3. The second-order valence-electron chi connectivity index (χ2n) is 8.50. The lowest BCUT2D eigenvalue weighted by Crippen LogP contribution is -2.33. The maximum atomic E-state index is 12.5. The SMILES string of the molecule is CCCOc1ccccc1CCCNC(=O)c1ccc(CN2CCCC(C)C2)cc1. The van der Waals surface area contributed by atoms with Crippen LogP contribution in [0.2, 0.25) is 0 Å². The van der Waals surface area contributed by atoms with E-state index in [1.165, 1.54) is 37.1 Å². The van der Waals surface area contributed by atoms with E-state index in [0.717, 1.165) is 49.6 Å². The molecule has 4 nitrogen and oxygen atoms in total. The molecular weight excluding hydrogens is 372 g/mol. The molecule has 0 bridgehead atoms. The summed E-state index contributed by atoms with van der Waals surface area (Å²) in [5.41, 5.74) is 3.22. The zero-order chi connectivity index (χ0) is 21.2. The topological polar surface area (TPSA) is 41.6 Å². The standard InChI is InChI=1S/C26H36N2O2/c1-3-18-30-25-11-5-4-9-23(25)10-6-16-27-26(29)24-14-12-22(13-15-24)20-28-17-7-8-21(2)19-28/h4-5,9,11-15,21H,3,6-8,10,16-20H2,1-2H3,(H,27,29). The first-order valence-electron chi connectivity index (χ1n) is 11.5. The van der Waals surface area contributed by atoms with Gasteiger partial charge in [0.25, 0.3) is 5.91 Å². The largest absolute Gasteiger partial charge is 0.493 e. The van der Waals surface area contributed by atoms with Crippen molar-refractivity contribution in [3.63, 3.8) is 0 Å². The molecule has 0 saturated carbocycles. The van der Waals surface area contributed by atoms with Crippen molar-refractivity contribution in [3.05, 3.63) is 65.2 Å². The second kappa shape index (κ2) is 11.8. The number of piperidine rings is 1. The van der Waals surface area contributed by atoms with E-state index in [4.69, 9.17) is 4.74 Å². The van der Waals surface area contributed by atoms with Crippen molar-refractivity contribution in [2.45, 2.75) is 52.5 Å². The van der Waals surface area contributed by atoms with Gasteiger partial charge >= 0.3 is 0 Å². The average Bonchev–Trinajstić information content (AvgIpc) is 2.76. The minimum absolute atomic E-state index is 0.00339. The van der Waals surface area contributed by atoms with Crippen LogP contribution in [0.4, 0.5) is 0 Å². The van der Waals surface area contributed by atoms with Crippen molar-refractivity contribution in [2.24, 2.45) is 5.92 Å². The van der Waals surface area contributed by atoms with Gasteiger partial charge in [0.2, 0.25) is 0 Å². The lowest BCUT2D eigenvalue weighted by molar-refractivity contribution is 0.0953. The van der Waals surface area contributed by atoms with Gasteiger partial charge in [-0.05, 0) is 73.9 Å². The fraction of sp³-hybridized carbons (Fsp3) is 0.500. The molecule has 1 unspecified atom stereocenters. The van der Waals surface area contributed by atoms with Gasteiger partial charge in [0.15, 0.2) is 0 Å². The summed E-state index contributed by atoms with van der Waals surface area (Å²) < 4.78 is 5.81. The summed E-state index contributed by atoms with van der Waals surface area (Å²) in [6.07, 6.45) is 5.42. The predicted molar refractivity (Wildman–Crippen MR) is 123 cm³/mol. The lowest BCUT2D eigenvalue weighted by atomic mass is 9.99. The fourth-order valence-corrected chi connectivity index (χ4v) is 4.10. The van der Waals surface area contributed by atoms with Crippen molar-refractivity contribution in [2.75, 3.05) is 26.2 Å². The Balaban J connectivity index is 1.42. The Morgan fingerprint density at radius 1 is 1.17 bits per heavy atom. The molecule has 1 atom stereocenters. The second-order valence-corrected chi connectivity index (χ2v) is 8.50. The third kappa shape index (κ3) is 6.88. The van der Waals surface area contributed by atoms with Gasteiger partial charge in [-0.3, -0.25) is 9.69 Å². The van der Waals surface area contributed by atoms with Crippen LogP contribution in [0.25, 0.3) is 0 Å². The molecule has 1 aliphatic rings. The fourth-order valence-electron chi connectivity index (χ4n) is 4.10. The van der Waals surface area contributed by atoms with Crippen LogP contribution in [-0.4, -0.2) is 37.0 Å².